The van der Waals surface area contributed by atoms with Crippen LogP contribution < -0.4 is 0 Å². The van der Waals surface area contributed by atoms with Crippen molar-refractivity contribution in [3.63, 3.8) is 0 Å². The number of thiophene rings is 1. The van der Waals surface area contributed by atoms with Crippen molar-refractivity contribution in [3.05, 3.63) is 17.0 Å². The lowest BCUT2D eigenvalue weighted by atomic mass is 10.2. The van der Waals surface area contributed by atoms with Gasteiger partial charge in [0, 0.05) is 19.0 Å². The summed E-state index contributed by atoms with van der Waals surface area (Å²) in [6.07, 6.45) is 0. The van der Waals surface area contributed by atoms with Gasteiger partial charge in [0.05, 0.1) is 5.56 Å². The van der Waals surface area contributed by atoms with Crippen LogP contribution in [0.5, 0.6) is 0 Å². The standard InChI is InChI=1S/C10H15NO4S2/c1-7(2)5-11(3)17(14,15)9-4-8(6-16-9)10(12)13/h4,6-7H,5H2,1-3H3,(H,12,13). The highest BCUT2D eigenvalue weighted by Crippen LogP contribution is 2.23. The zero-order chi connectivity index (χ0) is 13.2. The van der Waals surface area contributed by atoms with Crippen LogP contribution in [-0.4, -0.2) is 37.4 Å². The number of carboxylic acids is 1. The van der Waals surface area contributed by atoms with E-state index in [1.807, 2.05) is 13.8 Å². The maximum absolute atomic E-state index is 12.0. The Kier molecular flexibility index (Phi) is 4.29. The number of sulfonamides is 1. The van der Waals surface area contributed by atoms with Gasteiger partial charge in [0.15, 0.2) is 0 Å². The van der Waals surface area contributed by atoms with E-state index in [1.165, 1.54) is 22.8 Å². The van der Waals surface area contributed by atoms with E-state index in [9.17, 15) is 13.2 Å². The Morgan fingerprint density at radius 3 is 2.53 bits per heavy atom. The molecule has 1 rings (SSSR count). The summed E-state index contributed by atoms with van der Waals surface area (Å²) < 4.78 is 25.4. The van der Waals surface area contributed by atoms with E-state index < -0.39 is 16.0 Å². The molecule has 1 aromatic rings. The van der Waals surface area contributed by atoms with Crippen molar-refractivity contribution < 1.29 is 18.3 Å². The smallest absolute Gasteiger partial charge is 0.336 e. The number of carboxylic acid groups (broad SMARTS) is 1. The van der Waals surface area contributed by atoms with E-state index in [0.29, 0.717) is 6.54 Å². The van der Waals surface area contributed by atoms with Crippen molar-refractivity contribution in [2.75, 3.05) is 13.6 Å². The van der Waals surface area contributed by atoms with E-state index in [2.05, 4.69) is 0 Å². The van der Waals surface area contributed by atoms with Gasteiger partial charge in [-0.3, -0.25) is 0 Å². The molecule has 0 saturated carbocycles. The molecule has 0 amide bonds. The van der Waals surface area contributed by atoms with Crippen molar-refractivity contribution in [1.29, 1.82) is 0 Å². The van der Waals surface area contributed by atoms with Gasteiger partial charge in [-0.25, -0.2) is 13.2 Å². The molecule has 0 aromatic carbocycles. The van der Waals surface area contributed by atoms with Crippen LogP contribution in [0.2, 0.25) is 0 Å². The molecule has 0 fully saturated rings. The summed E-state index contributed by atoms with van der Waals surface area (Å²) in [5.41, 5.74) is 0.00604. The monoisotopic (exact) mass is 277 g/mol. The summed E-state index contributed by atoms with van der Waals surface area (Å²) in [5.74, 6) is -0.900. The number of nitrogens with zero attached hydrogens (tertiary/aromatic N) is 1. The first-order chi connectivity index (χ1) is 7.75. The van der Waals surface area contributed by atoms with Crippen LogP contribution in [0.4, 0.5) is 0 Å². The molecule has 1 aromatic heterocycles. The number of hydrogen-bond acceptors (Lipinski definition) is 4. The van der Waals surface area contributed by atoms with Crippen LogP contribution in [0.3, 0.4) is 0 Å². The molecule has 7 heteroatoms. The molecular formula is C10H15NO4S2. The van der Waals surface area contributed by atoms with E-state index in [4.69, 9.17) is 5.11 Å². The lowest BCUT2D eigenvalue weighted by Gasteiger charge is -2.17. The summed E-state index contributed by atoms with van der Waals surface area (Å²) in [4.78, 5) is 10.7. The topological polar surface area (TPSA) is 74.7 Å². The highest BCUT2D eigenvalue weighted by Gasteiger charge is 2.24. The molecule has 0 aliphatic rings. The molecule has 5 nitrogen and oxygen atoms in total. The number of carbonyl (C=O) groups is 1. The highest BCUT2D eigenvalue weighted by molar-refractivity contribution is 7.91. The van der Waals surface area contributed by atoms with Crippen LogP contribution in [0.15, 0.2) is 15.7 Å². The summed E-state index contributed by atoms with van der Waals surface area (Å²) in [6.45, 7) is 4.24. The average Bonchev–Trinajstić information content (AvgIpc) is 2.65. The molecule has 17 heavy (non-hydrogen) atoms. The Balaban J connectivity index is 3.00. The Hall–Kier alpha value is -0.920. The highest BCUT2D eigenvalue weighted by atomic mass is 32.2. The lowest BCUT2D eigenvalue weighted by molar-refractivity contribution is 0.0697. The third-order valence-electron chi connectivity index (χ3n) is 2.11. The lowest BCUT2D eigenvalue weighted by Crippen LogP contribution is -2.29. The molecule has 0 atom stereocenters. The summed E-state index contributed by atoms with van der Waals surface area (Å²) >= 11 is 0.930. The van der Waals surface area contributed by atoms with E-state index in [-0.39, 0.29) is 15.7 Å². The largest absolute Gasteiger partial charge is 0.478 e. The molecule has 0 saturated heterocycles. The third-order valence-corrected chi connectivity index (χ3v) is 5.35. The van der Waals surface area contributed by atoms with Crippen LogP contribution in [0.25, 0.3) is 0 Å². The van der Waals surface area contributed by atoms with Crippen LogP contribution in [0.1, 0.15) is 24.2 Å². The first-order valence-corrected chi connectivity index (χ1v) is 7.35. The molecule has 1 heterocycles. The second-order valence-corrected chi connectivity index (χ2v) is 7.32. The molecule has 1 N–H and O–H groups in total. The van der Waals surface area contributed by atoms with E-state index >= 15 is 0 Å². The normalized spacial score (nSPS) is 12.3. The fourth-order valence-corrected chi connectivity index (χ4v) is 4.03. The van der Waals surface area contributed by atoms with E-state index in [1.54, 1.807) is 0 Å². The Bertz CT molecular complexity index is 504. The maximum atomic E-state index is 12.0. The third kappa shape index (κ3) is 3.27. The zero-order valence-electron chi connectivity index (χ0n) is 9.87. The molecule has 0 aliphatic heterocycles. The van der Waals surface area contributed by atoms with Gasteiger partial charge >= 0.3 is 5.97 Å². The Morgan fingerprint density at radius 1 is 1.53 bits per heavy atom. The Labute approximate surface area is 105 Å². The first kappa shape index (κ1) is 14.1. The maximum Gasteiger partial charge on any atom is 0.336 e. The SMILES string of the molecule is CC(C)CN(C)S(=O)(=O)c1cc(C(=O)O)cs1. The Morgan fingerprint density at radius 2 is 2.12 bits per heavy atom. The van der Waals surface area contributed by atoms with Gasteiger partial charge in [0.2, 0.25) is 0 Å². The van der Waals surface area contributed by atoms with Gasteiger partial charge in [0.1, 0.15) is 4.21 Å². The molecule has 0 aliphatic carbocycles. The van der Waals surface area contributed by atoms with Gasteiger partial charge < -0.3 is 5.11 Å². The first-order valence-electron chi connectivity index (χ1n) is 5.03. The van der Waals surface area contributed by atoms with Gasteiger partial charge in [-0.05, 0) is 12.0 Å². The molecule has 0 bridgehead atoms. The molecule has 96 valence electrons. The summed E-state index contributed by atoms with van der Waals surface area (Å²) in [5, 5.41) is 10.1. The fourth-order valence-electron chi connectivity index (χ4n) is 1.33. The minimum Gasteiger partial charge on any atom is -0.478 e. The van der Waals surface area contributed by atoms with Crippen molar-refractivity contribution in [3.8, 4) is 0 Å². The van der Waals surface area contributed by atoms with Gasteiger partial charge in [-0.1, -0.05) is 13.8 Å². The van der Waals surface area contributed by atoms with Crippen LogP contribution in [-0.2, 0) is 10.0 Å². The minimum atomic E-state index is -3.56. The van der Waals surface area contributed by atoms with Crippen molar-refractivity contribution in [2.24, 2.45) is 5.92 Å². The predicted molar refractivity (Wildman–Crippen MR) is 65.9 cm³/mol. The van der Waals surface area contributed by atoms with Crippen LogP contribution in [0, 0.1) is 5.92 Å². The summed E-state index contributed by atoms with van der Waals surface area (Å²) in [7, 11) is -2.06. The average molecular weight is 277 g/mol. The van der Waals surface area contributed by atoms with Crippen molar-refractivity contribution in [1.82, 2.24) is 4.31 Å². The molecule has 0 unspecified atom stereocenters. The second kappa shape index (κ2) is 5.16. The zero-order valence-corrected chi connectivity index (χ0v) is 11.5. The number of hydrogen-bond donors (Lipinski definition) is 1. The molecule has 0 radical (unpaired) electrons. The van der Waals surface area contributed by atoms with Gasteiger partial charge in [-0.15, -0.1) is 11.3 Å². The number of aromatic carboxylic acids is 1. The molecule has 0 spiro atoms. The molecular weight excluding hydrogens is 262 g/mol. The number of rotatable bonds is 5. The van der Waals surface area contributed by atoms with Crippen LogP contribution >= 0.6 is 11.3 Å². The van der Waals surface area contributed by atoms with Crippen molar-refractivity contribution >= 4 is 27.3 Å². The van der Waals surface area contributed by atoms with Gasteiger partial charge in [-0.2, -0.15) is 4.31 Å². The second-order valence-electron chi connectivity index (χ2n) is 4.14. The van der Waals surface area contributed by atoms with Gasteiger partial charge in [0.25, 0.3) is 10.0 Å². The summed E-state index contributed by atoms with van der Waals surface area (Å²) in [6, 6.07) is 1.19. The predicted octanol–water partition coefficient (Wildman–Crippen LogP) is 1.72. The quantitative estimate of drug-likeness (QED) is 0.889. The fraction of sp³-hybridized carbons (Fsp3) is 0.500. The van der Waals surface area contributed by atoms with Crippen molar-refractivity contribution in [2.45, 2.75) is 18.1 Å². The van der Waals surface area contributed by atoms with E-state index in [0.717, 1.165) is 11.3 Å². The minimum absolute atomic E-state index is 0.00604.